The van der Waals surface area contributed by atoms with E-state index in [1.54, 1.807) is 13.0 Å². The zero-order chi connectivity index (χ0) is 35.9. The second-order valence-corrected chi connectivity index (χ2v) is 14.2. The van der Waals surface area contributed by atoms with Crippen LogP contribution in [0.15, 0.2) is 49.6 Å². The van der Waals surface area contributed by atoms with E-state index in [0.717, 1.165) is 42.0 Å². The van der Waals surface area contributed by atoms with E-state index in [9.17, 15) is 4.79 Å². The van der Waals surface area contributed by atoms with Gasteiger partial charge in [-0.3, -0.25) is 0 Å². The SMILES string of the molecule is C=CCOC1(C)CCN(c2c([C@H](OC(C)(C)C)C(=O)OCC)c(C)nc3cc(COC(C)c4ccc(C)cc4O[C@@H](C)CC=C)nn23)CC1. The van der Waals surface area contributed by atoms with Crippen LogP contribution in [0.3, 0.4) is 0 Å². The van der Waals surface area contributed by atoms with Crippen LogP contribution >= 0.6 is 0 Å². The molecule has 0 amide bonds. The molecule has 1 aliphatic heterocycles. The molecule has 0 saturated carbocycles. The number of esters is 1. The van der Waals surface area contributed by atoms with Gasteiger partial charge in [-0.15, -0.1) is 13.2 Å². The third kappa shape index (κ3) is 9.71. The van der Waals surface area contributed by atoms with E-state index in [-0.39, 0.29) is 31.0 Å². The number of aromatic nitrogens is 3. The Hall–Kier alpha value is -3.73. The van der Waals surface area contributed by atoms with E-state index in [0.29, 0.717) is 42.3 Å². The lowest BCUT2D eigenvalue weighted by Gasteiger charge is -2.41. The number of carbonyl (C=O) groups is 1. The average Bonchev–Trinajstić information content (AvgIpc) is 3.44. The maximum Gasteiger partial charge on any atom is 0.340 e. The molecule has 10 nitrogen and oxygen atoms in total. The summed E-state index contributed by atoms with van der Waals surface area (Å²) in [6.07, 6.45) is 4.70. The minimum Gasteiger partial charge on any atom is -0.490 e. The zero-order valence-electron chi connectivity index (χ0n) is 31.0. The normalized spacial score (nSPS) is 16.6. The predicted molar refractivity (Wildman–Crippen MR) is 193 cm³/mol. The van der Waals surface area contributed by atoms with Crippen molar-refractivity contribution in [2.75, 3.05) is 31.2 Å². The molecular weight excluding hydrogens is 620 g/mol. The van der Waals surface area contributed by atoms with Gasteiger partial charge in [0.15, 0.2) is 11.8 Å². The lowest BCUT2D eigenvalue weighted by Crippen LogP contribution is -2.45. The fourth-order valence-corrected chi connectivity index (χ4v) is 6.12. The molecule has 1 saturated heterocycles. The summed E-state index contributed by atoms with van der Waals surface area (Å²) in [5.74, 6) is 1.11. The summed E-state index contributed by atoms with van der Waals surface area (Å²) in [5, 5.41) is 5.03. The molecule has 3 aromatic rings. The summed E-state index contributed by atoms with van der Waals surface area (Å²) in [6, 6.07) is 8.11. The average molecular weight is 677 g/mol. The van der Waals surface area contributed by atoms with Gasteiger partial charge >= 0.3 is 5.97 Å². The standard InChI is InChI=1S/C39H56N4O6/c1-12-15-27(5)48-32-23-26(4)16-17-31(32)29(7)46-25-30-24-33-40-28(6)34(35(37(44)45-14-3)49-38(8,9)10)36(43(33)41-30)42-20-18-39(11,19-21-42)47-22-13-2/h12-13,16-17,23-24,27,29,35H,1-2,14-15,18-22,25H2,3-11H3/t27-,29?,35-/m0/s1. The van der Waals surface area contributed by atoms with E-state index >= 15 is 0 Å². The number of fused-ring (bicyclic) bond motifs is 1. The minimum atomic E-state index is -0.996. The lowest BCUT2D eigenvalue weighted by molar-refractivity contribution is -0.166. The van der Waals surface area contributed by atoms with Crippen molar-refractivity contribution in [1.82, 2.24) is 14.6 Å². The summed E-state index contributed by atoms with van der Waals surface area (Å²) in [6.45, 7) is 27.8. The molecule has 0 bridgehead atoms. The van der Waals surface area contributed by atoms with Crippen molar-refractivity contribution in [3.8, 4) is 5.75 Å². The quantitative estimate of drug-likeness (QED) is 0.111. The van der Waals surface area contributed by atoms with Gasteiger partial charge in [-0.2, -0.15) is 9.61 Å². The van der Waals surface area contributed by atoms with Crippen molar-refractivity contribution in [2.45, 2.75) is 118 Å². The number of nitrogens with zero attached hydrogens (tertiary/aromatic N) is 4. The largest absolute Gasteiger partial charge is 0.490 e. The molecule has 1 aliphatic rings. The number of hydrogen-bond donors (Lipinski definition) is 0. The summed E-state index contributed by atoms with van der Waals surface area (Å²) in [4.78, 5) is 20.7. The number of anilines is 1. The van der Waals surface area contributed by atoms with Gasteiger partial charge in [-0.25, -0.2) is 9.78 Å². The van der Waals surface area contributed by atoms with E-state index < -0.39 is 17.7 Å². The lowest BCUT2D eigenvalue weighted by atomic mass is 9.92. The van der Waals surface area contributed by atoms with Crippen LogP contribution in [0.4, 0.5) is 5.82 Å². The summed E-state index contributed by atoms with van der Waals surface area (Å²) >= 11 is 0. The Kier molecular flexibility index (Phi) is 12.7. The Morgan fingerprint density at radius 2 is 1.82 bits per heavy atom. The van der Waals surface area contributed by atoms with Gasteiger partial charge in [0, 0.05) is 36.8 Å². The highest BCUT2D eigenvalue weighted by Crippen LogP contribution is 2.38. The fraction of sp³-hybridized carbons (Fsp3) is 0.564. The predicted octanol–water partition coefficient (Wildman–Crippen LogP) is 7.95. The number of ether oxygens (including phenoxy) is 5. The first-order chi connectivity index (χ1) is 23.2. The first-order valence-electron chi connectivity index (χ1n) is 17.4. The van der Waals surface area contributed by atoms with Gasteiger partial charge in [0.25, 0.3) is 0 Å². The number of aryl methyl sites for hydroxylation is 2. The molecule has 1 fully saturated rings. The Morgan fingerprint density at radius 1 is 1.10 bits per heavy atom. The molecule has 1 aromatic carbocycles. The Balaban J connectivity index is 1.73. The van der Waals surface area contributed by atoms with Gasteiger partial charge in [-0.05, 0) is 86.8 Å². The van der Waals surface area contributed by atoms with E-state index in [2.05, 4.69) is 37.1 Å². The molecule has 2 aromatic heterocycles. The van der Waals surface area contributed by atoms with Crippen LogP contribution < -0.4 is 9.64 Å². The zero-order valence-corrected chi connectivity index (χ0v) is 31.0. The van der Waals surface area contributed by atoms with Gasteiger partial charge in [0.2, 0.25) is 0 Å². The molecule has 49 heavy (non-hydrogen) atoms. The maximum absolute atomic E-state index is 13.5. The van der Waals surface area contributed by atoms with Crippen LogP contribution in [0.2, 0.25) is 0 Å². The van der Waals surface area contributed by atoms with Gasteiger partial charge in [0.1, 0.15) is 11.6 Å². The second-order valence-electron chi connectivity index (χ2n) is 14.2. The van der Waals surface area contributed by atoms with Crippen LogP contribution in [0.5, 0.6) is 5.75 Å². The van der Waals surface area contributed by atoms with Crippen LogP contribution in [-0.2, 0) is 30.3 Å². The monoisotopic (exact) mass is 676 g/mol. The molecule has 10 heteroatoms. The maximum atomic E-state index is 13.5. The summed E-state index contributed by atoms with van der Waals surface area (Å²) < 4.78 is 32.7. The minimum absolute atomic E-state index is 0.00693. The number of rotatable bonds is 16. The number of piperidine rings is 1. The van der Waals surface area contributed by atoms with Crippen molar-refractivity contribution in [3.05, 3.63) is 77.7 Å². The molecule has 0 spiro atoms. The number of carbonyl (C=O) groups excluding carboxylic acids is 1. The van der Waals surface area contributed by atoms with E-state index in [1.165, 1.54) is 0 Å². The molecule has 3 heterocycles. The van der Waals surface area contributed by atoms with Crippen molar-refractivity contribution in [1.29, 1.82) is 0 Å². The summed E-state index contributed by atoms with van der Waals surface area (Å²) in [5.41, 5.74) is 3.87. The topological polar surface area (TPSA) is 96.7 Å². The highest BCUT2D eigenvalue weighted by molar-refractivity contribution is 5.80. The Morgan fingerprint density at radius 3 is 2.45 bits per heavy atom. The molecule has 268 valence electrons. The molecular formula is C39H56N4O6. The molecule has 0 aliphatic carbocycles. The van der Waals surface area contributed by atoms with Crippen LogP contribution in [0.1, 0.15) is 108 Å². The molecule has 1 unspecified atom stereocenters. The number of benzene rings is 1. The Labute approximate surface area is 292 Å². The van der Waals surface area contributed by atoms with E-state index in [4.69, 9.17) is 33.8 Å². The van der Waals surface area contributed by atoms with Crippen molar-refractivity contribution in [2.24, 2.45) is 0 Å². The second kappa shape index (κ2) is 16.3. The summed E-state index contributed by atoms with van der Waals surface area (Å²) in [7, 11) is 0. The van der Waals surface area contributed by atoms with Gasteiger partial charge < -0.3 is 28.6 Å². The van der Waals surface area contributed by atoms with Crippen molar-refractivity contribution < 1.29 is 28.5 Å². The van der Waals surface area contributed by atoms with E-state index in [1.807, 2.05) is 71.2 Å². The van der Waals surface area contributed by atoms with Crippen LogP contribution in [0.25, 0.3) is 5.65 Å². The van der Waals surface area contributed by atoms with Crippen LogP contribution in [0, 0.1) is 13.8 Å². The van der Waals surface area contributed by atoms with Crippen molar-refractivity contribution >= 4 is 17.4 Å². The molecule has 3 atom stereocenters. The highest BCUT2D eigenvalue weighted by atomic mass is 16.6. The van der Waals surface area contributed by atoms with Gasteiger partial charge in [-0.1, -0.05) is 24.3 Å². The molecule has 4 rings (SSSR count). The first-order valence-corrected chi connectivity index (χ1v) is 17.4. The number of hydrogen-bond acceptors (Lipinski definition) is 9. The smallest absolute Gasteiger partial charge is 0.340 e. The molecule has 0 N–H and O–H groups in total. The Bertz CT molecular complexity index is 1600. The van der Waals surface area contributed by atoms with Gasteiger partial charge in [0.05, 0.1) is 54.5 Å². The third-order valence-corrected chi connectivity index (χ3v) is 8.67. The first kappa shape index (κ1) is 38.1. The fourth-order valence-electron chi connectivity index (χ4n) is 6.12. The van der Waals surface area contributed by atoms with Crippen LogP contribution in [-0.4, -0.2) is 64.2 Å². The van der Waals surface area contributed by atoms with Crippen molar-refractivity contribution in [3.63, 3.8) is 0 Å². The molecule has 0 radical (unpaired) electrons. The third-order valence-electron chi connectivity index (χ3n) is 8.67. The highest BCUT2D eigenvalue weighted by Gasteiger charge is 2.38.